The van der Waals surface area contributed by atoms with E-state index in [4.69, 9.17) is 14.2 Å². The zero-order chi connectivity index (χ0) is 13.2. The van der Waals surface area contributed by atoms with Crippen LogP contribution in [0.5, 0.6) is 11.5 Å². The van der Waals surface area contributed by atoms with Crippen LogP contribution < -0.4 is 14.8 Å². The predicted octanol–water partition coefficient (Wildman–Crippen LogP) is 2.05. The molecule has 98 valence electrons. The first-order valence-electron chi connectivity index (χ1n) is 5.78. The standard InChI is InChI=1S/C13H17NO4/c1-13(6-7-14-12(15)18-13)9-4-5-10(16-2)11(8-9)17-3/h4-5,8H,6-7H2,1-3H3,(H,14,15). The third-order valence-corrected chi connectivity index (χ3v) is 3.18. The van der Waals surface area contributed by atoms with Crippen molar-refractivity contribution in [2.75, 3.05) is 20.8 Å². The monoisotopic (exact) mass is 251 g/mol. The van der Waals surface area contributed by atoms with Gasteiger partial charge in [0.05, 0.1) is 14.2 Å². The molecule has 0 aromatic heterocycles. The van der Waals surface area contributed by atoms with Crippen LogP contribution in [0.2, 0.25) is 0 Å². The van der Waals surface area contributed by atoms with Crippen molar-refractivity contribution in [3.8, 4) is 11.5 Å². The molecular weight excluding hydrogens is 234 g/mol. The molecule has 1 N–H and O–H groups in total. The van der Waals surface area contributed by atoms with E-state index in [1.54, 1.807) is 14.2 Å². The maximum atomic E-state index is 11.3. The number of alkyl carbamates (subject to hydrolysis) is 1. The molecule has 1 unspecified atom stereocenters. The first kappa shape index (κ1) is 12.5. The number of ether oxygens (including phenoxy) is 3. The summed E-state index contributed by atoms with van der Waals surface area (Å²) in [5.74, 6) is 1.29. The molecule has 1 heterocycles. The van der Waals surface area contributed by atoms with Gasteiger partial charge in [-0.1, -0.05) is 6.07 Å². The summed E-state index contributed by atoms with van der Waals surface area (Å²) in [7, 11) is 3.17. The lowest BCUT2D eigenvalue weighted by Gasteiger charge is -2.34. The van der Waals surface area contributed by atoms with Crippen LogP contribution in [0.4, 0.5) is 4.79 Å². The summed E-state index contributed by atoms with van der Waals surface area (Å²) >= 11 is 0. The molecule has 0 spiro atoms. The fourth-order valence-electron chi connectivity index (χ4n) is 2.06. The van der Waals surface area contributed by atoms with Crippen LogP contribution in [-0.4, -0.2) is 26.9 Å². The molecule has 1 aliphatic heterocycles. The number of amides is 1. The van der Waals surface area contributed by atoms with E-state index in [1.165, 1.54) is 0 Å². The maximum Gasteiger partial charge on any atom is 0.408 e. The van der Waals surface area contributed by atoms with E-state index >= 15 is 0 Å². The lowest BCUT2D eigenvalue weighted by Crippen LogP contribution is -2.43. The van der Waals surface area contributed by atoms with Crippen molar-refractivity contribution in [3.63, 3.8) is 0 Å². The molecule has 0 radical (unpaired) electrons. The van der Waals surface area contributed by atoms with Gasteiger partial charge in [0, 0.05) is 13.0 Å². The molecule has 1 aliphatic rings. The van der Waals surface area contributed by atoms with Gasteiger partial charge in [0.2, 0.25) is 0 Å². The Labute approximate surface area is 106 Å². The maximum absolute atomic E-state index is 11.3. The number of carbonyl (C=O) groups is 1. The van der Waals surface area contributed by atoms with Crippen LogP contribution >= 0.6 is 0 Å². The third-order valence-electron chi connectivity index (χ3n) is 3.18. The zero-order valence-electron chi connectivity index (χ0n) is 10.8. The number of hydrogen-bond acceptors (Lipinski definition) is 4. The summed E-state index contributed by atoms with van der Waals surface area (Å²) in [6, 6.07) is 5.55. The van der Waals surface area contributed by atoms with Gasteiger partial charge in [0.15, 0.2) is 11.5 Å². The molecule has 1 atom stereocenters. The molecule has 1 amide bonds. The van der Waals surface area contributed by atoms with Gasteiger partial charge in [-0.15, -0.1) is 0 Å². The highest BCUT2D eigenvalue weighted by Gasteiger charge is 2.35. The minimum atomic E-state index is -0.623. The fourth-order valence-corrected chi connectivity index (χ4v) is 2.06. The molecule has 1 fully saturated rings. The number of cyclic esters (lactones) is 1. The van der Waals surface area contributed by atoms with Crippen LogP contribution in [0.3, 0.4) is 0 Å². The van der Waals surface area contributed by atoms with E-state index in [1.807, 2.05) is 25.1 Å². The quantitative estimate of drug-likeness (QED) is 0.893. The highest BCUT2D eigenvalue weighted by atomic mass is 16.6. The Kier molecular flexibility index (Phi) is 3.32. The highest BCUT2D eigenvalue weighted by Crippen LogP contribution is 2.36. The van der Waals surface area contributed by atoms with Crippen molar-refractivity contribution >= 4 is 6.09 Å². The summed E-state index contributed by atoms with van der Waals surface area (Å²) in [5.41, 5.74) is 0.275. The van der Waals surface area contributed by atoms with Gasteiger partial charge in [-0.3, -0.25) is 0 Å². The first-order chi connectivity index (χ1) is 8.59. The van der Waals surface area contributed by atoms with E-state index in [9.17, 15) is 4.79 Å². The number of carbonyl (C=O) groups excluding carboxylic acids is 1. The first-order valence-corrected chi connectivity index (χ1v) is 5.78. The smallest absolute Gasteiger partial charge is 0.408 e. The molecule has 5 heteroatoms. The lowest BCUT2D eigenvalue weighted by atomic mass is 9.91. The van der Waals surface area contributed by atoms with Crippen molar-refractivity contribution in [1.82, 2.24) is 5.32 Å². The van der Waals surface area contributed by atoms with Crippen molar-refractivity contribution in [2.24, 2.45) is 0 Å². The number of rotatable bonds is 3. The van der Waals surface area contributed by atoms with Gasteiger partial charge in [-0.05, 0) is 24.6 Å². The van der Waals surface area contributed by atoms with Crippen molar-refractivity contribution in [3.05, 3.63) is 23.8 Å². The minimum Gasteiger partial charge on any atom is -0.493 e. The fraction of sp³-hybridized carbons (Fsp3) is 0.462. The second-order valence-corrected chi connectivity index (χ2v) is 4.37. The Bertz CT molecular complexity index is 460. The van der Waals surface area contributed by atoms with E-state index in [2.05, 4.69) is 5.32 Å². The van der Waals surface area contributed by atoms with Crippen molar-refractivity contribution in [2.45, 2.75) is 18.9 Å². The molecule has 0 saturated carbocycles. The second kappa shape index (κ2) is 4.76. The normalized spacial score (nSPS) is 22.9. The zero-order valence-corrected chi connectivity index (χ0v) is 10.8. The molecule has 2 rings (SSSR count). The molecule has 1 saturated heterocycles. The molecule has 5 nitrogen and oxygen atoms in total. The highest BCUT2D eigenvalue weighted by molar-refractivity contribution is 5.69. The van der Waals surface area contributed by atoms with Crippen LogP contribution in [0.1, 0.15) is 18.9 Å². The Hall–Kier alpha value is -1.91. The molecule has 1 aromatic carbocycles. The minimum absolute atomic E-state index is 0.390. The Morgan fingerprint density at radius 1 is 1.28 bits per heavy atom. The van der Waals surface area contributed by atoms with Crippen LogP contribution in [-0.2, 0) is 10.3 Å². The SMILES string of the molecule is COc1ccc(C2(C)CCNC(=O)O2)cc1OC. The Morgan fingerprint density at radius 3 is 2.61 bits per heavy atom. The molecule has 1 aromatic rings. The molecule has 0 aliphatic carbocycles. The number of hydrogen-bond donors (Lipinski definition) is 1. The van der Waals surface area contributed by atoms with Crippen molar-refractivity contribution < 1.29 is 19.0 Å². The second-order valence-electron chi connectivity index (χ2n) is 4.37. The van der Waals surface area contributed by atoms with Gasteiger partial charge >= 0.3 is 6.09 Å². The predicted molar refractivity (Wildman–Crippen MR) is 66.0 cm³/mol. The van der Waals surface area contributed by atoms with Gasteiger partial charge in [0.1, 0.15) is 5.60 Å². The van der Waals surface area contributed by atoms with Gasteiger partial charge in [-0.2, -0.15) is 0 Å². The average molecular weight is 251 g/mol. The van der Waals surface area contributed by atoms with E-state index in [0.717, 1.165) is 5.56 Å². The average Bonchev–Trinajstić information content (AvgIpc) is 2.37. The summed E-state index contributed by atoms with van der Waals surface area (Å²) in [5, 5.41) is 2.64. The number of nitrogens with one attached hydrogen (secondary N) is 1. The van der Waals surface area contributed by atoms with E-state index < -0.39 is 11.7 Å². The van der Waals surface area contributed by atoms with Gasteiger partial charge in [0.25, 0.3) is 0 Å². The van der Waals surface area contributed by atoms with Crippen LogP contribution in [0.25, 0.3) is 0 Å². The lowest BCUT2D eigenvalue weighted by molar-refractivity contribution is -0.00290. The van der Waals surface area contributed by atoms with E-state index in [-0.39, 0.29) is 0 Å². The number of methoxy groups -OCH3 is 2. The number of benzene rings is 1. The van der Waals surface area contributed by atoms with Crippen LogP contribution in [0.15, 0.2) is 18.2 Å². The summed E-state index contributed by atoms with van der Waals surface area (Å²) in [6.07, 6.45) is 0.326. The van der Waals surface area contributed by atoms with Gasteiger partial charge < -0.3 is 19.5 Å². The summed E-state index contributed by atoms with van der Waals surface area (Å²) in [6.45, 7) is 2.50. The molecule has 0 bridgehead atoms. The molecule has 18 heavy (non-hydrogen) atoms. The molecular formula is C13H17NO4. The van der Waals surface area contributed by atoms with Crippen molar-refractivity contribution in [1.29, 1.82) is 0 Å². The third kappa shape index (κ3) is 2.20. The summed E-state index contributed by atoms with van der Waals surface area (Å²) < 4.78 is 15.8. The van der Waals surface area contributed by atoms with Gasteiger partial charge in [-0.25, -0.2) is 4.79 Å². The summed E-state index contributed by atoms with van der Waals surface area (Å²) in [4.78, 5) is 11.3. The largest absolute Gasteiger partial charge is 0.493 e. The Morgan fingerprint density at radius 2 is 2.00 bits per heavy atom. The van der Waals surface area contributed by atoms with Crippen LogP contribution in [0, 0.1) is 0 Å². The van der Waals surface area contributed by atoms with E-state index in [0.29, 0.717) is 24.5 Å². The topological polar surface area (TPSA) is 56.8 Å². The Balaban J connectivity index is 2.35.